The van der Waals surface area contributed by atoms with Gasteiger partial charge in [0.25, 0.3) is 0 Å². The number of alkyl carbamates (subject to hydrolysis) is 1. The van der Waals surface area contributed by atoms with Crippen LogP contribution in [0.2, 0.25) is 0 Å². The molecule has 0 saturated heterocycles. The Morgan fingerprint density at radius 2 is 1.19 bits per heavy atom. The summed E-state index contributed by atoms with van der Waals surface area (Å²) in [7, 11) is 0. The van der Waals surface area contributed by atoms with Crippen LogP contribution in [0.5, 0.6) is 0 Å². The Bertz CT molecular complexity index is 505. The SMILES string of the molecule is CCCC(=O)OC(=O)NCCOCCOCCOCCOCCOCCOCCN=[N+]=[N-]. The maximum atomic E-state index is 11.3. The van der Waals surface area contributed by atoms with E-state index in [0.717, 1.165) is 0 Å². The highest BCUT2D eigenvalue weighted by atomic mass is 16.6. The van der Waals surface area contributed by atoms with Gasteiger partial charge in [0, 0.05) is 24.4 Å². The van der Waals surface area contributed by atoms with Crippen LogP contribution < -0.4 is 5.32 Å². The fourth-order valence-electron chi connectivity index (χ4n) is 1.97. The summed E-state index contributed by atoms with van der Waals surface area (Å²) in [5.41, 5.74) is 8.09. The molecule has 0 aliphatic heterocycles. The van der Waals surface area contributed by atoms with Crippen molar-refractivity contribution in [3.8, 4) is 0 Å². The van der Waals surface area contributed by atoms with E-state index in [2.05, 4.69) is 20.1 Å². The zero-order valence-corrected chi connectivity index (χ0v) is 18.8. The highest BCUT2D eigenvalue weighted by molar-refractivity contribution is 5.84. The first-order chi connectivity index (χ1) is 15.7. The third-order valence-corrected chi connectivity index (χ3v) is 3.44. The molecule has 0 bridgehead atoms. The molecule has 0 aromatic carbocycles. The van der Waals surface area contributed by atoms with Crippen molar-refractivity contribution >= 4 is 12.1 Å². The van der Waals surface area contributed by atoms with Gasteiger partial charge in [-0.2, -0.15) is 0 Å². The van der Waals surface area contributed by atoms with Crippen molar-refractivity contribution in [2.75, 3.05) is 92.4 Å². The summed E-state index contributed by atoms with van der Waals surface area (Å²) < 4.78 is 36.4. The smallest absolute Gasteiger partial charge is 0.379 e. The summed E-state index contributed by atoms with van der Waals surface area (Å²) >= 11 is 0. The Balaban J connectivity index is 3.14. The first-order valence-corrected chi connectivity index (χ1v) is 10.7. The van der Waals surface area contributed by atoms with Gasteiger partial charge in [-0.1, -0.05) is 12.0 Å². The predicted octanol–water partition coefficient (Wildman–Crippen LogP) is 1.45. The molecule has 1 amide bonds. The standard InChI is InChI=1S/C19H36N4O9/c1-2-3-18(24)32-19(25)21-4-6-26-8-10-28-12-14-30-16-17-31-15-13-29-11-9-27-7-5-22-23-20/h2-17H2,1H3,(H,21,25). The van der Waals surface area contributed by atoms with Crippen molar-refractivity contribution in [1.82, 2.24) is 5.32 Å². The molecular weight excluding hydrogens is 428 g/mol. The first-order valence-electron chi connectivity index (χ1n) is 10.7. The molecule has 13 nitrogen and oxygen atoms in total. The summed E-state index contributed by atoms with van der Waals surface area (Å²) in [6.07, 6.45) is 0.0828. The summed E-state index contributed by atoms with van der Waals surface area (Å²) in [5, 5.41) is 5.78. The van der Waals surface area contributed by atoms with Crippen LogP contribution >= 0.6 is 0 Å². The minimum Gasteiger partial charge on any atom is -0.379 e. The van der Waals surface area contributed by atoms with Crippen molar-refractivity contribution in [3.63, 3.8) is 0 Å². The van der Waals surface area contributed by atoms with E-state index in [-0.39, 0.29) is 13.0 Å². The lowest BCUT2D eigenvalue weighted by atomic mass is 10.3. The fraction of sp³-hybridized carbons (Fsp3) is 0.895. The average molecular weight is 465 g/mol. The number of nitrogens with one attached hydrogen (secondary N) is 1. The van der Waals surface area contributed by atoms with Crippen molar-refractivity contribution < 1.29 is 42.7 Å². The monoisotopic (exact) mass is 464 g/mol. The van der Waals surface area contributed by atoms with Gasteiger partial charge < -0.3 is 38.5 Å². The minimum absolute atomic E-state index is 0.215. The minimum atomic E-state index is -0.762. The second kappa shape index (κ2) is 25.3. The second-order valence-electron chi connectivity index (χ2n) is 6.07. The van der Waals surface area contributed by atoms with Gasteiger partial charge in [0.2, 0.25) is 0 Å². The molecule has 0 aliphatic carbocycles. The number of rotatable bonds is 23. The number of hydrogen-bond acceptors (Lipinski definition) is 10. The zero-order chi connectivity index (χ0) is 23.5. The quantitative estimate of drug-likeness (QED) is 0.0589. The Labute approximate surface area is 188 Å². The van der Waals surface area contributed by atoms with Gasteiger partial charge in [-0.15, -0.1) is 0 Å². The van der Waals surface area contributed by atoms with E-state index in [0.29, 0.717) is 92.2 Å². The molecule has 0 rings (SSSR count). The van der Waals surface area contributed by atoms with Crippen LogP contribution in [0.15, 0.2) is 5.11 Å². The molecule has 0 unspecified atom stereocenters. The summed E-state index contributed by atoms with van der Waals surface area (Å²) in [5.74, 6) is -0.541. The van der Waals surface area contributed by atoms with Crippen LogP contribution in [0, 0.1) is 0 Å². The molecule has 0 fully saturated rings. The van der Waals surface area contributed by atoms with Gasteiger partial charge >= 0.3 is 12.1 Å². The van der Waals surface area contributed by atoms with Crippen LogP contribution in [-0.4, -0.2) is 104 Å². The normalized spacial score (nSPS) is 10.5. The van der Waals surface area contributed by atoms with Gasteiger partial charge in [-0.3, -0.25) is 4.79 Å². The molecule has 0 aromatic rings. The number of nitrogens with zero attached hydrogens (tertiary/aromatic N) is 3. The number of carbonyl (C=O) groups is 2. The largest absolute Gasteiger partial charge is 0.414 e. The van der Waals surface area contributed by atoms with Crippen molar-refractivity contribution in [1.29, 1.82) is 0 Å². The molecule has 13 heteroatoms. The third-order valence-electron chi connectivity index (χ3n) is 3.44. The molecule has 0 aromatic heterocycles. The molecule has 0 atom stereocenters. The van der Waals surface area contributed by atoms with E-state index >= 15 is 0 Å². The molecule has 0 saturated carbocycles. The number of hydrogen-bond donors (Lipinski definition) is 1. The third kappa shape index (κ3) is 24.3. The zero-order valence-electron chi connectivity index (χ0n) is 18.8. The molecular formula is C19H36N4O9. The van der Waals surface area contributed by atoms with Gasteiger partial charge in [-0.25, -0.2) is 4.79 Å². The van der Waals surface area contributed by atoms with Gasteiger partial charge in [0.15, 0.2) is 0 Å². The van der Waals surface area contributed by atoms with Crippen molar-refractivity contribution in [3.05, 3.63) is 10.4 Å². The average Bonchev–Trinajstić information content (AvgIpc) is 2.77. The van der Waals surface area contributed by atoms with E-state index in [1.165, 1.54) is 0 Å². The van der Waals surface area contributed by atoms with Gasteiger partial charge in [0.05, 0.1) is 79.3 Å². The van der Waals surface area contributed by atoms with E-state index in [9.17, 15) is 9.59 Å². The molecule has 1 N–H and O–H groups in total. The Morgan fingerprint density at radius 1 is 0.750 bits per heavy atom. The van der Waals surface area contributed by atoms with E-state index in [1.54, 1.807) is 0 Å². The number of azide groups is 1. The molecule has 0 radical (unpaired) electrons. The maximum Gasteiger partial charge on any atom is 0.414 e. The number of esters is 1. The lowest BCUT2D eigenvalue weighted by Crippen LogP contribution is -2.30. The van der Waals surface area contributed by atoms with Crippen LogP contribution in [0.1, 0.15) is 19.8 Å². The fourth-order valence-corrected chi connectivity index (χ4v) is 1.97. The summed E-state index contributed by atoms with van der Waals surface area (Å²) in [6.45, 7) is 7.53. The summed E-state index contributed by atoms with van der Waals surface area (Å²) in [4.78, 5) is 25.0. The molecule has 32 heavy (non-hydrogen) atoms. The summed E-state index contributed by atoms with van der Waals surface area (Å²) in [6, 6.07) is 0. The number of ether oxygens (including phenoxy) is 7. The first kappa shape index (κ1) is 30.0. The maximum absolute atomic E-state index is 11.3. The number of carbonyl (C=O) groups excluding carboxylic acids is 2. The van der Waals surface area contributed by atoms with Crippen LogP contribution in [0.4, 0.5) is 4.79 Å². The van der Waals surface area contributed by atoms with E-state index < -0.39 is 12.1 Å². The Morgan fingerprint density at radius 3 is 1.62 bits per heavy atom. The van der Waals surface area contributed by atoms with Crippen molar-refractivity contribution in [2.24, 2.45) is 5.11 Å². The van der Waals surface area contributed by atoms with Gasteiger partial charge in [-0.05, 0) is 12.0 Å². The van der Waals surface area contributed by atoms with E-state index in [4.69, 9.17) is 34.0 Å². The Kier molecular flexibility index (Phi) is 23.7. The highest BCUT2D eigenvalue weighted by Crippen LogP contribution is 1.91. The van der Waals surface area contributed by atoms with Crippen LogP contribution in [-0.2, 0) is 38.0 Å². The highest BCUT2D eigenvalue weighted by Gasteiger charge is 2.07. The number of amides is 1. The van der Waals surface area contributed by atoms with Crippen molar-refractivity contribution in [2.45, 2.75) is 19.8 Å². The lowest BCUT2D eigenvalue weighted by Gasteiger charge is -2.08. The van der Waals surface area contributed by atoms with Crippen LogP contribution in [0.25, 0.3) is 10.4 Å². The van der Waals surface area contributed by atoms with E-state index in [1.807, 2.05) is 6.92 Å². The topological polar surface area (TPSA) is 160 Å². The van der Waals surface area contributed by atoms with Crippen LogP contribution in [0.3, 0.4) is 0 Å². The Hall–Kier alpha value is -1.99. The molecule has 0 aliphatic rings. The lowest BCUT2D eigenvalue weighted by molar-refractivity contribution is -0.137. The molecule has 0 spiro atoms. The molecule has 186 valence electrons. The van der Waals surface area contributed by atoms with Gasteiger partial charge in [0.1, 0.15) is 0 Å². The second-order valence-corrected chi connectivity index (χ2v) is 6.07. The predicted molar refractivity (Wildman–Crippen MR) is 113 cm³/mol. The molecule has 0 heterocycles.